The third-order valence-corrected chi connectivity index (χ3v) is 3.97. The summed E-state index contributed by atoms with van der Waals surface area (Å²) >= 11 is 0. The highest BCUT2D eigenvalue weighted by atomic mass is 35.5. The monoisotopic (exact) mass is 334 g/mol. The Morgan fingerprint density at radius 3 is 2.52 bits per heavy atom. The number of benzene rings is 1. The highest BCUT2D eigenvalue weighted by molar-refractivity contribution is 5.85. The first-order valence-electron chi connectivity index (χ1n) is 7.46. The number of phenolic OH excluding ortho intramolecular Hbond substituents is 1. The first-order chi connectivity index (χ1) is 9.22. The second kappa shape index (κ2) is 10.3. The Morgan fingerprint density at radius 2 is 1.90 bits per heavy atom. The van der Waals surface area contributed by atoms with Crippen molar-refractivity contribution < 1.29 is 5.11 Å². The second-order valence-corrected chi connectivity index (χ2v) is 5.51. The molecule has 0 radical (unpaired) electrons. The van der Waals surface area contributed by atoms with Crippen molar-refractivity contribution in [1.29, 1.82) is 0 Å². The topological polar surface area (TPSA) is 35.5 Å². The van der Waals surface area contributed by atoms with Crippen LogP contribution in [0.4, 0.5) is 0 Å². The molecule has 1 atom stereocenters. The molecule has 1 fully saturated rings. The van der Waals surface area contributed by atoms with Gasteiger partial charge < -0.3 is 10.4 Å². The molecule has 2 N–H and O–H groups in total. The van der Waals surface area contributed by atoms with Gasteiger partial charge in [0.1, 0.15) is 5.75 Å². The summed E-state index contributed by atoms with van der Waals surface area (Å²) in [5.41, 5.74) is 2.33. The Kier molecular flexibility index (Phi) is 10.0. The minimum absolute atomic E-state index is 0. The van der Waals surface area contributed by atoms with Gasteiger partial charge in [-0.2, -0.15) is 0 Å². The molecule has 1 heterocycles. The maximum atomic E-state index is 10.2. The molecule has 1 saturated heterocycles. The molecule has 0 saturated carbocycles. The lowest BCUT2D eigenvalue weighted by molar-refractivity contribution is 0.160. The van der Waals surface area contributed by atoms with E-state index in [1.807, 2.05) is 12.1 Å². The standard InChI is InChI=1S/C16H26N2O.2ClH/c1-3-4-5-15(18-10-8-17-9-11-18)14-12-13(2)6-7-16(14)19;;/h6-7,12,15,17,19H,3-5,8-11H2,1-2H3;2*1H/t15-;;/m1../s1. The van der Waals surface area contributed by atoms with Crippen LogP contribution in [0.15, 0.2) is 18.2 Å². The van der Waals surface area contributed by atoms with Crippen LogP contribution < -0.4 is 5.32 Å². The molecule has 3 nitrogen and oxygen atoms in total. The van der Waals surface area contributed by atoms with Crippen LogP contribution in [0, 0.1) is 6.92 Å². The summed E-state index contributed by atoms with van der Waals surface area (Å²) < 4.78 is 0. The largest absolute Gasteiger partial charge is 0.508 e. The van der Waals surface area contributed by atoms with Gasteiger partial charge in [-0.1, -0.05) is 37.5 Å². The number of rotatable bonds is 5. The summed E-state index contributed by atoms with van der Waals surface area (Å²) in [6.45, 7) is 8.57. The van der Waals surface area contributed by atoms with E-state index in [1.54, 1.807) is 0 Å². The Morgan fingerprint density at radius 1 is 1.24 bits per heavy atom. The van der Waals surface area contributed by atoms with Crippen molar-refractivity contribution in [2.75, 3.05) is 26.2 Å². The average Bonchev–Trinajstić information content (AvgIpc) is 2.44. The van der Waals surface area contributed by atoms with Crippen molar-refractivity contribution in [3.8, 4) is 5.75 Å². The number of hydrogen-bond donors (Lipinski definition) is 2. The van der Waals surface area contributed by atoms with Gasteiger partial charge in [0, 0.05) is 37.8 Å². The summed E-state index contributed by atoms with van der Waals surface area (Å²) in [6.07, 6.45) is 3.55. The van der Waals surface area contributed by atoms with E-state index in [0.29, 0.717) is 11.8 Å². The fourth-order valence-corrected chi connectivity index (χ4v) is 2.87. The molecule has 21 heavy (non-hydrogen) atoms. The fourth-order valence-electron chi connectivity index (χ4n) is 2.87. The van der Waals surface area contributed by atoms with Crippen molar-refractivity contribution in [3.05, 3.63) is 29.3 Å². The molecule has 1 aromatic rings. The van der Waals surface area contributed by atoms with Crippen LogP contribution in [0.2, 0.25) is 0 Å². The van der Waals surface area contributed by atoms with Crippen molar-refractivity contribution in [2.45, 2.75) is 39.2 Å². The van der Waals surface area contributed by atoms with Gasteiger partial charge in [0.2, 0.25) is 0 Å². The lowest BCUT2D eigenvalue weighted by atomic mass is 9.96. The van der Waals surface area contributed by atoms with E-state index in [1.165, 1.54) is 18.4 Å². The van der Waals surface area contributed by atoms with Crippen molar-refractivity contribution in [1.82, 2.24) is 10.2 Å². The third kappa shape index (κ3) is 5.67. The van der Waals surface area contributed by atoms with Crippen LogP contribution in [0.1, 0.15) is 43.4 Å². The second-order valence-electron chi connectivity index (χ2n) is 5.51. The number of nitrogens with zero attached hydrogens (tertiary/aromatic N) is 1. The number of piperazine rings is 1. The van der Waals surface area contributed by atoms with E-state index in [9.17, 15) is 5.11 Å². The molecule has 0 unspecified atom stereocenters. The maximum absolute atomic E-state index is 10.2. The third-order valence-electron chi connectivity index (χ3n) is 3.97. The predicted molar refractivity (Wildman–Crippen MR) is 94.0 cm³/mol. The van der Waals surface area contributed by atoms with E-state index in [-0.39, 0.29) is 24.8 Å². The fraction of sp³-hybridized carbons (Fsp3) is 0.625. The van der Waals surface area contributed by atoms with E-state index < -0.39 is 0 Å². The summed E-state index contributed by atoms with van der Waals surface area (Å²) in [6, 6.07) is 6.33. The van der Waals surface area contributed by atoms with E-state index >= 15 is 0 Å². The highest BCUT2D eigenvalue weighted by Gasteiger charge is 2.23. The molecule has 0 aromatic heterocycles. The molecule has 1 aromatic carbocycles. The van der Waals surface area contributed by atoms with Crippen LogP contribution in [0.3, 0.4) is 0 Å². The molecule has 1 aliphatic rings. The summed E-state index contributed by atoms with van der Waals surface area (Å²) in [7, 11) is 0. The van der Waals surface area contributed by atoms with Gasteiger partial charge in [-0.15, -0.1) is 24.8 Å². The van der Waals surface area contributed by atoms with Crippen molar-refractivity contribution in [2.24, 2.45) is 0 Å². The number of phenols is 1. The predicted octanol–water partition coefficient (Wildman–Crippen LogP) is 3.68. The Bertz CT molecular complexity index is 409. The van der Waals surface area contributed by atoms with Gasteiger partial charge in [0.25, 0.3) is 0 Å². The van der Waals surface area contributed by atoms with E-state index in [2.05, 4.69) is 30.1 Å². The zero-order valence-corrected chi connectivity index (χ0v) is 14.6. The number of halogens is 2. The average molecular weight is 335 g/mol. The number of nitrogens with one attached hydrogen (secondary N) is 1. The summed E-state index contributed by atoms with van der Waals surface area (Å²) in [5.74, 6) is 0.449. The lowest BCUT2D eigenvalue weighted by Gasteiger charge is -2.35. The van der Waals surface area contributed by atoms with E-state index in [0.717, 1.165) is 38.2 Å². The molecular weight excluding hydrogens is 307 g/mol. The van der Waals surface area contributed by atoms with Crippen LogP contribution in [0.25, 0.3) is 0 Å². The van der Waals surface area contributed by atoms with Crippen molar-refractivity contribution >= 4 is 24.8 Å². The van der Waals surface area contributed by atoms with Gasteiger partial charge >= 0.3 is 0 Å². The molecular formula is C16H28Cl2N2O. The van der Waals surface area contributed by atoms with Crippen LogP contribution in [-0.2, 0) is 0 Å². The summed E-state index contributed by atoms with van der Waals surface area (Å²) in [4.78, 5) is 2.51. The molecule has 0 bridgehead atoms. The number of unbranched alkanes of at least 4 members (excludes halogenated alkanes) is 1. The van der Waals surface area contributed by atoms with E-state index in [4.69, 9.17) is 0 Å². The molecule has 0 amide bonds. The molecule has 0 aliphatic carbocycles. The quantitative estimate of drug-likeness (QED) is 0.862. The zero-order chi connectivity index (χ0) is 13.7. The number of hydrogen-bond acceptors (Lipinski definition) is 3. The molecule has 1 aliphatic heterocycles. The lowest BCUT2D eigenvalue weighted by Crippen LogP contribution is -2.45. The Labute approximate surface area is 140 Å². The molecule has 2 rings (SSSR count). The molecule has 122 valence electrons. The maximum Gasteiger partial charge on any atom is 0.120 e. The van der Waals surface area contributed by atoms with Crippen LogP contribution in [-0.4, -0.2) is 36.2 Å². The van der Waals surface area contributed by atoms with Crippen LogP contribution in [0.5, 0.6) is 5.75 Å². The Balaban J connectivity index is 0.00000200. The normalized spacial score (nSPS) is 16.7. The first-order valence-corrected chi connectivity index (χ1v) is 7.46. The van der Waals surface area contributed by atoms with Crippen molar-refractivity contribution in [3.63, 3.8) is 0 Å². The van der Waals surface area contributed by atoms with Gasteiger partial charge in [0.05, 0.1) is 0 Å². The minimum atomic E-state index is 0. The minimum Gasteiger partial charge on any atom is -0.508 e. The van der Waals surface area contributed by atoms with Gasteiger partial charge in [-0.25, -0.2) is 0 Å². The van der Waals surface area contributed by atoms with Gasteiger partial charge in [0.15, 0.2) is 0 Å². The highest BCUT2D eigenvalue weighted by Crippen LogP contribution is 2.33. The SMILES string of the molecule is CCCC[C@H](c1cc(C)ccc1O)N1CCNCC1.Cl.Cl. The summed E-state index contributed by atoms with van der Waals surface area (Å²) in [5, 5.41) is 13.6. The van der Waals surface area contributed by atoms with Crippen LogP contribution >= 0.6 is 24.8 Å². The Hall–Kier alpha value is -0.480. The molecule has 0 spiro atoms. The first kappa shape index (κ1) is 20.5. The number of aromatic hydroxyl groups is 1. The smallest absolute Gasteiger partial charge is 0.120 e. The number of aryl methyl sites for hydroxylation is 1. The van der Waals surface area contributed by atoms with Gasteiger partial charge in [-0.05, 0) is 19.4 Å². The molecule has 5 heteroatoms. The zero-order valence-electron chi connectivity index (χ0n) is 13.0. The van der Waals surface area contributed by atoms with Gasteiger partial charge in [-0.3, -0.25) is 4.90 Å².